The summed E-state index contributed by atoms with van der Waals surface area (Å²) in [7, 11) is 0. The Morgan fingerprint density at radius 1 is 0.591 bits per heavy atom. The van der Waals surface area contributed by atoms with Gasteiger partial charge in [-0.2, -0.15) is 0 Å². The summed E-state index contributed by atoms with van der Waals surface area (Å²) in [6, 6.07) is 0. The average molecular weight is 601 g/mol. The van der Waals surface area contributed by atoms with Crippen LogP contribution < -0.4 is 0 Å². The summed E-state index contributed by atoms with van der Waals surface area (Å²) in [5, 5.41) is 20.8. The van der Waals surface area contributed by atoms with E-state index in [0.29, 0.717) is 12.8 Å². The number of fused-ring (bicyclic) bond motifs is 2. The summed E-state index contributed by atoms with van der Waals surface area (Å²) in [5.41, 5.74) is 6.43. The van der Waals surface area contributed by atoms with Gasteiger partial charge in [0.2, 0.25) is 0 Å². The molecule has 0 radical (unpaired) electrons. The molecule has 0 spiro atoms. The van der Waals surface area contributed by atoms with Crippen LogP contribution in [0.5, 0.6) is 0 Å². The molecule has 0 bridgehead atoms. The van der Waals surface area contributed by atoms with Crippen molar-refractivity contribution in [3.05, 3.63) is 106 Å². The lowest BCUT2D eigenvalue weighted by Crippen LogP contribution is -2.45. The average Bonchev–Trinajstić information content (AvgIpc) is 3.43. The third-order valence-electron chi connectivity index (χ3n) is 9.91. The van der Waals surface area contributed by atoms with Crippen LogP contribution in [-0.4, -0.2) is 45.8 Å². The van der Waals surface area contributed by atoms with Crippen molar-refractivity contribution in [1.29, 1.82) is 0 Å². The fourth-order valence-electron chi connectivity index (χ4n) is 7.92. The Bertz CT molecular complexity index is 1270. The van der Waals surface area contributed by atoms with E-state index in [-0.39, 0.29) is 46.4 Å². The molecule has 0 aromatic rings. The van der Waals surface area contributed by atoms with Gasteiger partial charge < -0.3 is 19.7 Å². The Morgan fingerprint density at radius 3 is 1.32 bits per heavy atom. The molecular weight excluding hydrogens is 544 g/mol. The van der Waals surface area contributed by atoms with Crippen molar-refractivity contribution < 1.29 is 19.7 Å². The Labute approximate surface area is 267 Å². The monoisotopic (exact) mass is 600 g/mol. The zero-order valence-corrected chi connectivity index (χ0v) is 28.8. The molecule has 44 heavy (non-hydrogen) atoms. The molecule has 6 atom stereocenters. The molecule has 2 aliphatic carbocycles. The van der Waals surface area contributed by atoms with Crippen LogP contribution in [-0.2, 0) is 9.47 Å². The van der Waals surface area contributed by atoms with Crippen molar-refractivity contribution in [1.82, 2.24) is 0 Å². The van der Waals surface area contributed by atoms with E-state index < -0.39 is 0 Å². The second kappa shape index (κ2) is 13.1. The Kier molecular flexibility index (Phi) is 10.2. The van der Waals surface area contributed by atoms with Crippen LogP contribution in [0.1, 0.15) is 94.9 Å². The van der Waals surface area contributed by atoms with Gasteiger partial charge in [-0.15, -0.1) is 0 Å². The first kappa shape index (κ1) is 34.4. The van der Waals surface area contributed by atoms with Crippen LogP contribution in [0.3, 0.4) is 0 Å². The second-order valence-electron chi connectivity index (χ2n) is 15.3. The molecule has 4 heteroatoms. The van der Waals surface area contributed by atoms with E-state index in [1.807, 2.05) is 0 Å². The highest BCUT2D eigenvalue weighted by Crippen LogP contribution is 2.53. The molecule has 2 fully saturated rings. The van der Waals surface area contributed by atoms with Crippen molar-refractivity contribution in [2.24, 2.45) is 10.8 Å². The number of aliphatic hydroxyl groups is 2. The molecule has 4 rings (SSSR count). The molecule has 0 amide bonds. The number of rotatable bonds is 8. The zero-order chi connectivity index (χ0) is 32.5. The summed E-state index contributed by atoms with van der Waals surface area (Å²) in [6.45, 7) is 21.5. The molecule has 2 aliphatic heterocycles. The van der Waals surface area contributed by atoms with Gasteiger partial charge in [0.25, 0.3) is 0 Å². The maximum absolute atomic E-state index is 10.4. The summed E-state index contributed by atoms with van der Waals surface area (Å²) < 4.78 is 12.9. The highest BCUT2D eigenvalue weighted by molar-refractivity contribution is 5.39. The van der Waals surface area contributed by atoms with Crippen LogP contribution in [0.2, 0.25) is 0 Å². The normalized spacial score (nSPS) is 36.3. The van der Waals surface area contributed by atoms with Gasteiger partial charge in [-0.1, -0.05) is 99.6 Å². The SMILES string of the molecule is CC(/C=C/C=C(\C)[C@H]1C=C2C(C)(C)C[C@H](O)C[C@@]2(C)O1)=C\C=C\C=C(C)\C=C\C=C(/C)[C@H]1C=C2C(C)(C)C[C@H](O)C[C@@]2(C)O1. The lowest BCUT2D eigenvalue weighted by atomic mass is 9.65. The fourth-order valence-corrected chi connectivity index (χ4v) is 7.92. The summed E-state index contributed by atoms with van der Waals surface area (Å²) in [4.78, 5) is 0. The Morgan fingerprint density at radius 2 is 0.955 bits per heavy atom. The standard InChI is InChI=1S/C40H56O4/c1-27(17-13-19-29(3)33-21-35-37(5,6)23-31(41)25-39(35,9)43-33)15-11-12-16-28(2)18-14-20-30(4)34-22-36-38(7,8)24-32(42)26-40(36,10)44-34/h11-22,31-34,41-42H,23-26H2,1-10H3/b12-11+,17-13+,18-14+,27-15+,28-16+,29-19+,30-20+/t31-,32-,33+,34+,39+,40+/m0/s1. The van der Waals surface area contributed by atoms with Crippen LogP contribution in [0.25, 0.3) is 0 Å². The molecule has 0 unspecified atom stereocenters. The minimum Gasteiger partial charge on any atom is -0.393 e. The van der Waals surface area contributed by atoms with Crippen LogP contribution >= 0.6 is 0 Å². The highest BCUT2D eigenvalue weighted by Gasteiger charge is 2.51. The molecule has 0 aromatic heterocycles. The molecule has 0 saturated heterocycles. The third-order valence-corrected chi connectivity index (χ3v) is 9.91. The van der Waals surface area contributed by atoms with Crippen molar-refractivity contribution in [2.75, 3.05) is 0 Å². The van der Waals surface area contributed by atoms with E-state index in [2.05, 4.69) is 142 Å². The molecule has 0 aromatic carbocycles. The molecule has 2 N–H and O–H groups in total. The molecule has 4 nitrogen and oxygen atoms in total. The van der Waals surface area contributed by atoms with E-state index in [1.165, 1.54) is 22.3 Å². The van der Waals surface area contributed by atoms with E-state index in [1.54, 1.807) is 0 Å². The first-order valence-corrected chi connectivity index (χ1v) is 16.3. The highest BCUT2D eigenvalue weighted by atomic mass is 16.5. The van der Waals surface area contributed by atoms with Gasteiger partial charge in [0.1, 0.15) is 0 Å². The van der Waals surface area contributed by atoms with Crippen molar-refractivity contribution in [3.63, 3.8) is 0 Å². The van der Waals surface area contributed by atoms with E-state index >= 15 is 0 Å². The van der Waals surface area contributed by atoms with E-state index in [9.17, 15) is 10.2 Å². The number of allylic oxidation sites excluding steroid dienone is 12. The maximum atomic E-state index is 10.4. The third kappa shape index (κ3) is 7.83. The van der Waals surface area contributed by atoms with Gasteiger partial charge in [-0.25, -0.2) is 0 Å². The molecule has 240 valence electrons. The number of hydrogen-bond donors (Lipinski definition) is 2. The van der Waals surface area contributed by atoms with Crippen molar-refractivity contribution in [3.8, 4) is 0 Å². The zero-order valence-electron chi connectivity index (χ0n) is 28.8. The smallest absolute Gasteiger partial charge is 0.0982 e. The fraction of sp³-hybridized carbons (Fsp3) is 0.550. The molecular formula is C40H56O4. The van der Waals surface area contributed by atoms with Crippen molar-refractivity contribution >= 4 is 0 Å². The number of ether oxygens (including phenoxy) is 2. The molecule has 2 saturated carbocycles. The lowest BCUT2D eigenvalue weighted by Gasteiger charge is -2.44. The summed E-state index contributed by atoms with van der Waals surface area (Å²) >= 11 is 0. The molecule has 2 heterocycles. The predicted molar refractivity (Wildman–Crippen MR) is 183 cm³/mol. The maximum Gasteiger partial charge on any atom is 0.0982 e. The number of aliphatic hydroxyl groups excluding tert-OH is 2. The first-order chi connectivity index (χ1) is 20.4. The Hall–Kier alpha value is -2.50. The van der Waals surface area contributed by atoms with Gasteiger partial charge in [-0.05, 0) is 99.7 Å². The van der Waals surface area contributed by atoms with Gasteiger partial charge in [0.05, 0.1) is 35.6 Å². The minimum atomic E-state index is -0.386. The van der Waals surface area contributed by atoms with Gasteiger partial charge in [-0.3, -0.25) is 0 Å². The Balaban J connectivity index is 1.29. The second-order valence-corrected chi connectivity index (χ2v) is 15.3. The lowest BCUT2D eigenvalue weighted by molar-refractivity contribution is -0.0688. The quantitative estimate of drug-likeness (QED) is 0.216. The van der Waals surface area contributed by atoms with E-state index in [0.717, 1.165) is 24.0 Å². The van der Waals surface area contributed by atoms with Crippen molar-refractivity contribution in [2.45, 2.75) is 131 Å². The van der Waals surface area contributed by atoms with Crippen LogP contribution in [0.4, 0.5) is 0 Å². The first-order valence-electron chi connectivity index (χ1n) is 16.3. The predicted octanol–water partition coefficient (Wildman–Crippen LogP) is 8.97. The van der Waals surface area contributed by atoms with Crippen LogP contribution in [0.15, 0.2) is 106 Å². The number of hydrogen-bond acceptors (Lipinski definition) is 4. The van der Waals surface area contributed by atoms with E-state index in [4.69, 9.17) is 9.47 Å². The van der Waals surface area contributed by atoms with Gasteiger partial charge in [0.15, 0.2) is 0 Å². The largest absolute Gasteiger partial charge is 0.393 e. The summed E-state index contributed by atoms with van der Waals surface area (Å²) in [5.74, 6) is 0. The molecule has 4 aliphatic rings. The minimum absolute atomic E-state index is 0.0509. The topological polar surface area (TPSA) is 58.9 Å². The van der Waals surface area contributed by atoms with Crippen LogP contribution in [0, 0.1) is 10.8 Å². The van der Waals surface area contributed by atoms with Gasteiger partial charge in [0, 0.05) is 12.8 Å². The van der Waals surface area contributed by atoms with Gasteiger partial charge >= 0.3 is 0 Å². The summed E-state index contributed by atoms with van der Waals surface area (Å²) in [6.07, 6.45) is 27.7.